The second-order valence-electron chi connectivity index (χ2n) is 6.92. The molecule has 4 rings (SSSR count). The molecule has 1 saturated carbocycles. The molecule has 7 heteroatoms. The number of carbonyl (C=O) groups excluding carboxylic acids is 1. The Labute approximate surface area is 157 Å². The number of halogens is 1. The van der Waals surface area contributed by atoms with Crippen molar-refractivity contribution in [2.75, 3.05) is 31.1 Å². The molecule has 2 heterocycles. The fraction of sp³-hybridized carbons (Fsp3) is 0.556. The molecule has 25 heavy (non-hydrogen) atoms. The summed E-state index contributed by atoms with van der Waals surface area (Å²) in [5.74, 6) is 0. The number of carbonyl (C=O) groups is 1. The summed E-state index contributed by atoms with van der Waals surface area (Å²) in [7, 11) is 0. The molecule has 1 saturated heterocycles. The Kier molecular flexibility index (Phi) is 4.73. The monoisotopic (exact) mass is 378 g/mol. The number of hydrogen-bond donors (Lipinski definition) is 1. The summed E-state index contributed by atoms with van der Waals surface area (Å²) < 4.78 is 1.17. The first kappa shape index (κ1) is 16.9. The van der Waals surface area contributed by atoms with Gasteiger partial charge in [0.25, 0.3) is 0 Å². The number of aryl methyl sites for hydroxylation is 1. The molecule has 5 nitrogen and oxygen atoms in total. The Morgan fingerprint density at radius 2 is 1.96 bits per heavy atom. The quantitative estimate of drug-likeness (QED) is 0.858. The van der Waals surface area contributed by atoms with Gasteiger partial charge < -0.3 is 15.1 Å². The average Bonchev–Trinajstić information content (AvgIpc) is 3.28. The number of aromatic nitrogens is 1. The number of nitrogens with one attached hydrogen (secondary N) is 1. The van der Waals surface area contributed by atoms with Crippen LogP contribution in [0.25, 0.3) is 10.2 Å². The highest BCUT2D eigenvalue weighted by Crippen LogP contribution is 2.33. The van der Waals surface area contributed by atoms with Gasteiger partial charge in [0, 0.05) is 37.2 Å². The minimum absolute atomic E-state index is 0.0958. The fourth-order valence-electron chi connectivity index (χ4n) is 3.66. The van der Waals surface area contributed by atoms with Gasteiger partial charge in [0.2, 0.25) is 0 Å². The maximum atomic E-state index is 12.4. The van der Waals surface area contributed by atoms with E-state index in [0.29, 0.717) is 6.04 Å². The van der Waals surface area contributed by atoms with E-state index in [1.807, 2.05) is 24.0 Å². The van der Waals surface area contributed by atoms with Crippen molar-refractivity contribution in [1.82, 2.24) is 15.2 Å². The zero-order valence-electron chi connectivity index (χ0n) is 14.4. The minimum atomic E-state index is 0.0958. The number of hydrogen-bond acceptors (Lipinski definition) is 4. The van der Waals surface area contributed by atoms with Crippen molar-refractivity contribution in [3.8, 4) is 0 Å². The SMILES string of the molecule is Cc1c(Cl)ccc2sc(N3CCN(C(=O)NC4CCCC4)CC3)nc12. The number of thiazole rings is 1. The van der Waals surface area contributed by atoms with Crippen molar-refractivity contribution >= 4 is 44.3 Å². The summed E-state index contributed by atoms with van der Waals surface area (Å²) in [6.45, 7) is 5.15. The third-order valence-electron chi connectivity index (χ3n) is 5.26. The molecule has 2 amide bonds. The van der Waals surface area contributed by atoms with Crippen LogP contribution in [-0.2, 0) is 0 Å². The van der Waals surface area contributed by atoms with E-state index in [4.69, 9.17) is 16.6 Å². The predicted octanol–water partition coefficient (Wildman–Crippen LogP) is 4.03. The number of benzene rings is 1. The molecule has 0 unspecified atom stereocenters. The molecule has 0 bridgehead atoms. The summed E-state index contributed by atoms with van der Waals surface area (Å²) in [6.07, 6.45) is 4.72. The fourth-order valence-corrected chi connectivity index (χ4v) is 4.89. The van der Waals surface area contributed by atoms with Crippen molar-refractivity contribution in [3.63, 3.8) is 0 Å². The molecule has 0 radical (unpaired) electrons. The number of urea groups is 1. The summed E-state index contributed by atoms with van der Waals surface area (Å²) in [5.41, 5.74) is 2.03. The number of rotatable bonds is 2. The van der Waals surface area contributed by atoms with Crippen LogP contribution in [0.15, 0.2) is 12.1 Å². The van der Waals surface area contributed by atoms with Gasteiger partial charge in [-0.15, -0.1) is 0 Å². The molecule has 2 aliphatic rings. The van der Waals surface area contributed by atoms with Crippen LogP contribution in [0.3, 0.4) is 0 Å². The van der Waals surface area contributed by atoms with Gasteiger partial charge in [0.15, 0.2) is 5.13 Å². The average molecular weight is 379 g/mol. The van der Waals surface area contributed by atoms with Gasteiger partial charge in [-0.05, 0) is 37.5 Å². The lowest BCUT2D eigenvalue weighted by Crippen LogP contribution is -2.53. The first-order valence-electron chi connectivity index (χ1n) is 8.98. The number of nitrogens with zero attached hydrogens (tertiary/aromatic N) is 3. The highest BCUT2D eigenvalue weighted by atomic mass is 35.5. The Bertz CT molecular complexity index is 779. The molecule has 0 atom stereocenters. The Hall–Kier alpha value is -1.53. The lowest BCUT2D eigenvalue weighted by atomic mass is 10.2. The van der Waals surface area contributed by atoms with Gasteiger partial charge >= 0.3 is 6.03 Å². The van der Waals surface area contributed by atoms with Gasteiger partial charge in [0.05, 0.1) is 10.2 Å². The number of fused-ring (bicyclic) bond motifs is 1. The number of amides is 2. The van der Waals surface area contributed by atoms with E-state index in [-0.39, 0.29) is 6.03 Å². The maximum Gasteiger partial charge on any atom is 0.317 e. The van der Waals surface area contributed by atoms with Crippen molar-refractivity contribution in [3.05, 3.63) is 22.7 Å². The van der Waals surface area contributed by atoms with Crippen LogP contribution in [0, 0.1) is 6.92 Å². The summed E-state index contributed by atoms with van der Waals surface area (Å²) in [6, 6.07) is 4.45. The van der Waals surface area contributed by atoms with E-state index in [2.05, 4.69) is 10.2 Å². The van der Waals surface area contributed by atoms with E-state index in [1.165, 1.54) is 17.5 Å². The molecule has 1 N–H and O–H groups in total. The normalized spacial score (nSPS) is 19.0. The Morgan fingerprint density at radius 1 is 1.24 bits per heavy atom. The molecular formula is C18H23ClN4OS. The second kappa shape index (κ2) is 7.00. The van der Waals surface area contributed by atoms with E-state index >= 15 is 0 Å². The second-order valence-corrected chi connectivity index (χ2v) is 8.34. The zero-order valence-corrected chi connectivity index (χ0v) is 16.0. The number of piperazine rings is 1. The maximum absolute atomic E-state index is 12.4. The Morgan fingerprint density at radius 3 is 2.68 bits per heavy atom. The van der Waals surface area contributed by atoms with Gasteiger partial charge in [-0.25, -0.2) is 9.78 Å². The molecule has 1 aliphatic heterocycles. The van der Waals surface area contributed by atoms with Gasteiger partial charge in [-0.2, -0.15) is 0 Å². The first-order valence-corrected chi connectivity index (χ1v) is 10.2. The summed E-state index contributed by atoms with van der Waals surface area (Å²) in [4.78, 5) is 21.4. The van der Waals surface area contributed by atoms with Crippen LogP contribution in [0.4, 0.5) is 9.93 Å². The van der Waals surface area contributed by atoms with Crippen molar-refractivity contribution in [2.45, 2.75) is 38.6 Å². The van der Waals surface area contributed by atoms with E-state index in [9.17, 15) is 4.79 Å². The predicted molar refractivity (Wildman–Crippen MR) is 104 cm³/mol. The van der Waals surface area contributed by atoms with E-state index < -0.39 is 0 Å². The van der Waals surface area contributed by atoms with Gasteiger partial charge in [0.1, 0.15) is 0 Å². The minimum Gasteiger partial charge on any atom is -0.345 e. The number of anilines is 1. The highest BCUT2D eigenvalue weighted by Gasteiger charge is 2.25. The summed E-state index contributed by atoms with van der Waals surface area (Å²) in [5, 5.41) is 4.97. The van der Waals surface area contributed by atoms with Crippen LogP contribution in [0.1, 0.15) is 31.2 Å². The smallest absolute Gasteiger partial charge is 0.317 e. The van der Waals surface area contributed by atoms with Gasteiger partial charge in [-0.3, -0.25) is 0 Å². The standard InChI is InChI=1S/C18H23ClN4OS/c1-12-14(19)6-7-15-16(12)21-18(25-15)23-10-8-22(9-11-23)17(24)20-13-4-2-3-5-13/h6-7,13H,2-5,8-11H2,1H3,(H,20,24). The van der Waals surface area contributed by atoms with Crippen LogP contribution in [0.2, 0.25) is 5.02 Å². The lowest BCUT2D eigenvalue weighted by molar-refractivity contribution is 0.190. The van der Waals surface area contributed by atoms with Crippen molar-refractivity contribution in [1.29, 1.82) is 0 Å². The van der Waals surface area contributed by atoms with Gasteiger partial charge in [-0.1, -0.05) is 35.8 Å². The third-order valence-corrected chi connectivity index (χ3v) is 6.75. The summed E-state index contributed by atoms with van der Waals surface area (Å²) >= 11 is 7.91. The molecule has 2 aromatic rings. The van der Waals surface area contributed by atoms with Crippen LogP contribution < -0.4 is 10.2 Å². The largest absolute Gasteiger partial charge is 0.345 e. The van der Waals surface area contributed by atoms with E-state index in [1.54, 1.807) is 11.3 Å². The molecule has 0 spiro atoms. The molecule has 2 fully saturated rings. The molecular weight excluding hydrogens is 356 g/mol. The molecule has 1 aromatic carbocycles. The van der Waals surface area contributed by atoms with Crippen molar-refractivity contribution in [2.24, 2.45) is 0 Å². The topological polar surface area (TPSA) is 48.5 Å². The molecule has 1 aliphatic carbocycles. The lowest BCUT2D eigenvalue weighted by Gasteiger charge is -2.35. The molecule has 1 aromatic heterocycles. The molecule has 134 valence electrons. The van der Waals surface area contributed by atoms with E-state index in [0.717, 1.165) is 60.3 Å². The van der Waals surface area contributed by atoms with Crippen LogP contribution in [0.5, 0.6) is 0 Å². The highest BCUT2D eigenvalue weighted by molar-refractivity contribution is 7.22. The first-order chi connectivity index (χ1) is 12.1. The third kappa shape index (κ3) is 3.42. The Balaban J connectivity index is 1.40. The van der Waals surface area contributed by atoms with Crippen LogP contribution >= 0.6 is 22.9 Å². The van der Waals surface area contributed by atoms with Crippen LogP contribution in [-0.4, -0.2) is 48.1 Å². The zero-order chi connectivity index (χ0) is 17.4. The van der Waals surface area contributed by atoms with Crippen molar-refractivity contribution < 1.29 is 4.79 Å².